The molecule has 0 radical (unpaired) electrons. The molecule has 2 aromatic carbocycles. The Kier molecular flexibility index (Phi) is 4.32. The van der Waals surface area contributed by atoms with Gasteiger partial charge in [-0.15, -0.1) is 0 Å². The molecule has 5 heteroatoms. The van der Waals surface area contributed by atoms with Gasteiger partial charge in [0.1, 0.15) is 0 Å². The van der Waals surface area contributed by atoms with Gasteiger partial charge >= 0.3 is 0 Å². The summed E-state index contributed by atoms with van der Waals surface area (Å²) in [5, 5.41) is 0. The molecule has 0 amide bonds. The molecule has 0 bridgehead atoms. The van der Waals surface area contributed by atoms with Gasteiger partial charge in [0.15, 0.2) is 0 Å². The molecule has 25 heavy (non-hydrogen) atoms. The largest absolute Gasteiger partial charge is 0.361 e. The number of benzene rings is 2. The van der Waals surface area contributed by atoms with Crippen LogP contribution < -0.4 is 9.80 Å². The van der Waals surface area contributed by atoms with E-state index in [0.29, 0.717) is 0 Å². The number of rotatable bonds is 4. The van der Waals surface area contributed by atoms with Crippen molar-refractivity contribution in [2.24, 2.45) is 0 Å². The Morgan fingerprint density at radius 3 is 1.56 bits per heavy atom. The van der Waals surface area contributed by atoms with E-state index in [0.717, 1.165) is 13.3 Å². The van der Waals surface area contributed by atoms with Crippen LogP contribution in [0, 0.1) is 0 Å². The van der Waals surface area contributed by atoms with Crippen molar-refractivity contribution in [3.05, 3.63) is 73.3 Å². The van der Waals surface area contributed by atoms with E-state index in [-0.39, 0.29) is 0 Å². The van der Waals surface area contributed by atoms with Crippen LogP contribution in [0.3, 0.4) is 0 Å². The highest BCUT2D eigenvalue weighted by molar-refractivity contribution is 7.99. The smallest absolute Gasteiger partial charge is 0.0938 e. The summed E-state index contributed by atoms with van der Waals surface area (Å²) >= 11 is 1.81. The molecule has 0 unspecified atom stereocenters. The van der Waals surface area contributed by atoms with Crippen LogP contribution in [0.4, 0.5) is 11.4 Å². The Morgan fingerprint density at radius 1 is 0.680 bits per heavy atom. The predicted molar refractivity (Wildman–Crippen MR) is 106 cm³/mol. The molecule has 0 spiro atoms. The minimum atomic E-state index is 0.901. The number of anilines is 2. The Hall–Kier alpha value is -2.53. The SMILES string of the molecule is CN1C=CN(c2cccc(Sc3cccc(N4C=CN(C)C4)c3)c2)C1. The average Bonchev–Trinajstić information content (AvgIpc) is 3.24. The average molecular weight is 350 g/mol. The molecular formula is C20H22N4S. The summed E-state index contributed by atoms with van der Waals surface area (Å²) < 4.78 is 0. The number of nitrogens with zero attached hydrogens (tertiary/aromatic N) is 4. The van der Waals surface area contributed by atoms with Gasteiger partial charge in [0.2, 0.25) is 0 Å². The van der Waals surface area contributed by atoms with E-state index in [1.165, 1.54) is 21.2 Å². The van der Waals surface area contributed by atoms with E-state index in [1.54, 1.807) is 11.8 Å². The van der Waals surface area contributed by atoms with E-state index in [4.69, 9.17) is 0 Å². The molecule has 2 heterocycles. The van der Waals surface area contributed by atoms with Gasteiger partial charge in [-0.1, -0.05) is 23.9 Å². The highest BCUT2D eigenvalue weighted by atomic mass is 32.2. The molecule has 4 rings (SSSR count). The molecule has 0 fully saturated rings. The summed E-state index contributed by atoms with van der Waals surface area (Å²) in [6, 6.07) is 17.4. The molecule has 2 aliphatic rings. The van der Waals surface area contributed by atoms with Crippen molar-refractivity contribution in [1.82, 2.24) is 9.80 Å². The fourth-order valence-electron chi connectivity index (χ4n) is 2.98. The predicted octanol–water partition coefficient (Wildman–Crippen LogP) is 4.20. The van der Waals surface area contributed by atoms with Crippen LogP contribution in [0.25, 0.3) is 0 Å². The lowest BCUT2D eigenvalue weighted by Crippen LogP contribution is -2.21. The minimum absolute atomic E-state index is 0.901. The first-order valence-electron chi connectivity index (χ1n) is 8.36. The van der Waals surface area contributed by atoms with Crippen LogP contribution in [-0.2, 0) is 0 Å². The maximum absolute atomic E-state index is 2.26. The first-order valence-corrected chi connectivity index (χ1v) is 9.17. The molecule has 128 valence electrons. The third-order valence-corrected chi connectivity index (χ3v) is 5.27. The lowest BCUT2D eigenvalue weighted by Gasteiger charge is -2.19. The first kappa shape index (κ1) is 16.0. The molecule has 0 N–H and O–H groups in total. The quantitative estimate of drug-likeness (QED) is 0.817. The van der Waals surface area contributed by atoms with Gasteiger partial charge in [-0.25, -0.2) is 0 Å². The van der Waals surface area contributed by atoms with Gasteiger partial charge in [-0.05, 0) is 36.4 Å². The highest BCUT2D eigenvalue weighted by Crippen LogP contribution is 2.33. The van der Waals surface area contributed by atoms with Crippen molar-refractivity contribution in [3.8, 4) is 0 Å². The van der Waals surface area contributed by atoms with E-state index < -0.39 is 0 Å². The second kappa shape index (κ2) is 6.76. The van der Waals surface area contributed by atoms with E-state index in [1.807, 2.05) is 0 Å². The van der Waals surface area contributed by atoms with Crippen molar-refractivity contribution in [2.45, 2.75) is 9.79 Å². The van der Waals surface area contributed by atoms with Crippen molar-refractivity contribution in [1.29, 1.82) is 0 Å². The fourth-order valence-corrected chi connectivity index (χ4v) is 3.91. The summed E-state index contributed by atoms with van der Waals surface area (Å²) in [4.78, 5) is 11.4. The third kappa shape index (κ3) is 3.61. The van der Waals surface area contributed by atoms with Crippen molar-refractivity contribution in [2.75, 3.05) is 37.2 Å². The first-order chi connectivity index (χ1) is 12.2. The van der Waals surface area contributed by atoms with E-state index >= 15 is 0 Å². The van der Waals surface area contributed by atoms with Gasteiger partial charge in [0, 0.05) is 60.1 Å². The van der Waals surface area contributed by atoms with Crippen LogP contribution in [0.2, 0.25) is 0 Å². The van der Waals surface area contributed by atoms with Crippen LogP contribution in [0.1, 0.15) is 0 Å². The molecule has 0 aromatic heterocycles. The van der Waals surface area contributed by atoms with Gasteiger partial charge in [0.05, 0.1) is 13.3 Å². The van der Waals surface area contributed by atoms with Crippen LogP contribution in [0.5, 0.6) is 0 Å². The molecular weight excluding hydrogens is 328 g/mol. The second-order valence-corrected chi connectivity index (χ2v) is 7.58. The lowest BCUT2D eigenvalue weighted by molar-refractivity contribution is 0.495. The van der Waals surface area contributed by atoms with Gasteiger partial charge in [-0.3, -0.25) is 0 Å². The molecule has 0 atom stereocenters. The monoisotopic (exact) mass is 350 g/mol. The Morgan fingerprint density at radius 2 is 1.16 bits per heavy atom. The van der Waals surface area contributed by atoms with Crippen molar-refractivity contribution in [3.63, 3.8) is 0 Å². The normalized spacial score (nSPS) is 16.4. The topological polar surface area (TPSA) is 13.0 Å². The van der Waals surface area contributed by atoms with Crippen LogP contribution in [0.15, 0.2) is 83.1 Å². The van der Waals surface area contributed by atoms with Gasteiger partial charge < -0.3 is 19.6 Å². The summed E-state index contributed by atoms with van der Waals surface area (Å²) in [7, 11) is 4.18. The fraction of sp³-hybridized carbons (Fsp3) is 0.200. The molecule has 2 aliphatic heterocycles. The van der Waals surface area contributed by atoms with Crippen molar-refractivity contribution >= 4 is 23.1 Å². The minimum Gasteiger partial charge on any atom is -0.361 e. The van der Waals surface area contributed by atoms with Gasteiger partial charge in [0.25, 0.3) is 0 Å². The lowest BCUT2D eigenvalue weighted by atomic mass is 10.3. The van der Waals surface area contributed by atoms with E-state index in [9.17, 15) is 0 Å². The standard InChI is InChI=1S/C20H22N4S/c1-21-9-11-23(15-21)17-5-3-7-19(13-17)25-20-8-4-6-18(14-20)24-12-10-22(2)16-24/h3-14H,15-16H2,1-2H3. The summed E-state index contributed by atoms with van der Waals surface area (Å²) in [6.45, 7) is 1.80. The Labute approximate surface area is 153 Å². The third-order valence-electron chi connectivity index (χ3n) is 4.29. The zero-order valence-electron chi connectivity index (χ0n) is 14.5. The van der Waals surface area contributed by atoms with E-state index in [2.05, 4.69) is 107 Å². The highest BCUT2D eigenvalue weighted by Gasteiger charge is 2.13. The zero-order valence-corrected chi connectivity index (χ0v) is 15.4. The summed E-state index contributed by atoms with van der Waals surface area (Å²) in [5.41, 5.74) is 2.46. The van der Waals surface area contributed by atoms with Crippen LogP contribution >= 0.6 is 11.8 Å². The van der Waals surface area contributed by atoms with Crippen LogP contribution in [-0.4, -0.2) is 37.2 Å². The Bertz CT molecular complexity index is 749. The number of hydrogen-bond donors (Lipinski definition) is 0. The zero-order chi connectivity index (χ0) is 17.2. The summed E-state index contributed by atoms with van der Waals surface area (Å²) in [5.74, 6) is 0. The maximum atomic E-state index is 2.26. The second-order valence-electron chi connectivity index (χ2n) is 6.43. The molecule has 0 aliphatic carbocycles. The maximum Gasteiger partial charge on any atom is 0.0938 e. The summed E-state index contributed by atoms with van der Waals surface area (Å²) in [6.07, 6.45) is 8.45. The number of hydrogen-bond acceptors (Lipinski definition) is 5. The molecule has 0 saturated heterocycles. The molecule has 4 nitrogen and oxygen atoms in total. The van der Waals surface area contributed by atoms with Gasteiger partial charge in [-0.2, -0.15) is 0 Å². The Balaban J connectivity index is 1.51. The molecule has 0 saturated carbocycles. The molecule has 2 aromatic rings. The van der Waals surface area contributed by atoms with Crippen molar-refractivity contribution < 1.29 is 0 Å².